The number of hydrogen-bond acceptors (Lipinski definition) is 11. The first kappa shape index (κ1) is 55.0. The highest BCUT2D eigenvalue weighted by Crippen LogP contribution is 2.32. The van der Waals surface area contributed by atoms with Crippen molar-refractivity contribution < 1.29 is 44.0 Å². The summed E-state index contributed by atoms with van der Waals surface area (Å²) < 4.78 is 112. The van der Waals surface area contributed by atoms with E-state index in [0.29, 0.717) is 63.8 Å². The number of hydrogen-bond donors (Lipinski definition) is 4. The van der Waals surface area contributed by atoms with E-state index in [9.17, 15) is 35.2 Å². The number of carbonyl (C=O) groups excluding carboxylic acids is 2. The van der Waals surface area contributed by atoms with E-state index < -0.39 is 77.4 Å². The molecule has 75 heavy (non-hydrogen) atoms. The number of sulfonamides is 2. The molecule has 8 rings (SSSR count). The van der Waals surface area contributed by atoms with Crippen molar-refractivity contribution in [3.05, 3.63) is 155 Å². The van der Waals surface area contributed by atoms with E-state index in [1.54, 1.807) is 56.8 Å². The Balaban J connectivity index is 0.000000221. The lowest BCUT2D eigenvalue weighted by molar-refractivity contribution is 0.102. The molecule has 0 atom stereocenters. The van der Waals surface area contributed by atoms with E-state index in [1.807, 2.05) is 18.2 Å². The monoisotopic (exact) mass is 1060 g/mol. The van der Waals surface area contributed by atoms with Crippen LogP contribution in [-0.4, -0.2) is 94.3 Å². The third kappa shape index (κ3) is 12.9. The Morgan fingerprint density at radius 1 is 0.587 bits per heavy atom. The maximum atomic E-state index is 15.3. The maximum Gasteiger partial charge on any atom is 0.232 e. The van der Waals surface area contributed by atoms with Gasteiger partial charge in [-0.15, -0.1) is 0 Å². The standard InChI is InChI=1S/C29H29F2N5O3S.C25H24F2N4O3S/c1-4-14-40(38,39)35-25-12-11-24(30)26(27(25)31)28(37)23-18-34-29-22(23)15-20(17-33-29)19-9-10-21(32-16-19)8-7-13-36(5-2)6-3;1-3-5-17-7-6-15(12-28-17)16-11-18-19(14-30-25(18)29-13-16)24(32)22-20(26)8-9-21(23(22)27)31-35(33,34)10-4-2/h9-12,15-18,35H,4-6,13-14H2,1-3H3,(H,33,34);6-9,11-14,31H,3-5,10H2,1-2H3,(H,29,30). The minimum Gasteiger partial charge on any atom is -0.345 e. The molecule has 6 heterocycles. The quantitative estimate of drug-likeness (QED) is 0.0340. The van der Waals surface area contributed by atoms with Gasteiger partial charge in [-0.05, 0) is 92.9 Å². The van der Waals surface area contributed by atoms with Crippen molar-refractivity contribution in [1.29, 1.82) is 0 Å². The predicted octanol–water partition coefficient (Wildman–Crippen LogP) is 10.2. The lowest BCUT2D eigenvalue weighted by Crippen LogP contribution is -2.22. The van der Waals surface area contributed by atoms with Crippen molar-refractivity contribution in [3.8, 4) is 34.1 Å². The average Bonchev–Trinajstić information content (AvgIpc) is 4.03. The molecule has 0 spiro atoms. The number of carbonyl (C=O) groups is 2. The second-order valence-corrected chi connectivity index (χ2v) is 20.9. The molecule has 15 nitrogen and oxygen atoms in total. The van der Waals surface area contributed by atoms with Crippen LogP contribution in [0.1, 0.15) is 97.1 Å². The molecule has 390 valence electrons. The van der Waals surface area contributed by atoms with Crippen LogP contribution in [0.25, 0.3) is 44.3 Å². The number of aromatic amines is 2. The second-order valence-electron chi connectivity index (χ2n) is 17.2. The third-order valence-electron chi connectivity index (χ3n) is 11.8. The Bertz CT molecular complexity index is 3690. The van der Waals surface area contributed by atoms with Crippen molar-refractivity contribution in [1.82, 2.24) is 34.8 Å². The molecule has 0 fully saturated rings. The zero-order valence-electron chi connectivity index (χ0n) is 41.6. The van der Waals surface area contributed by atoms with Gasteiger partial charge in [0.1, 0.15) is 28.6 Å². The van der Waals surface area contributed by atoms with E-state index in [4.69, 9.17) is 0 Å². The zero-order chi connectivity index (χ0) is 54.0. The molecule has 0 radical (unpaired) electrons. The molecule has 0 aliphatic carbocycles. The Labute approximate surface area is 431 Å². The van der Waals surface area contributed by atoms with Crippen LogP contribution in [0.5, 0.6) is 0 Å². The number of halogens is 4. The third-order valence-corrected chi connectivity index (χ3v) is 14.8. The number of nitrogens with zero attached hydrogens (tertiary/aromatic N) is 5. The van der Waals surface area contributed by atoms with Gasteiger partial charge in [0, 0.05) is 87.0 Å². The number of nitrogens with one attached hydrogen (secondary N) is 4. The number of fused-ring (bicyclic) bond motifs is 2. The summed E-state index contributed by atoms with van der Waals surface area (Å²) in [7, 11) is -7.70. The minimum absolute atomic E-state index is 0.0104. The SMILES string of the molecule is CCCS(=O)(=O)Nc1ccc(F)c(C(=O)c2c[nH]c3ncc(-c4ccc(C#CCN(CC)CC)nc4)cc23)c1F.CCCc1ccc(-c2cnc3[nH]cc(C(=O)c4c(F)ccc(NS(=O)(=O)CCC)c4F)c3c2)cn1. The normalized spacial score (nSPS) is 11.5. The molecule has 0 saturated heterocycles. The molecule has 0 bridgehead atoms. The van der Waals surface area contributed by atoms with Crippen molar-refractivity contribution in [3.63, 3.8) is 0 Å². The fourth-order valence-electron chi connectivity index (χ4n) is 7.95. The first-order chi connectivity index (χ1) is 35.9. The Morgan fingerprint density at radius 2 is 1.05 bits per heavy atom. The van der Waals surface area contributed by atoms with Crippen molar-refractivity contribution >= 4 is 65.1 Å². The van der Waals surface area contributed by atoms with E-state index in [1.165, 1.54) is 12.4 Å². The molecule has 4 N–H and O–H groups in total. The summed E-state index contributed by atoms with van der Waals surface area (Å²) in [5.41, 5.74) is 2.41. The lowest BCUT2D eigenvalue weighted by atomic mass is 10.00. The van der Waals surface area contributed by atoms with Gasteiger partial charge in [0.05, 0.1) is 40.6 Å². The average molecular weight is 1060 g/mol. The van der Waals surface area contributed by atoms with Gasteiger partial charge in [-0.1, -0.05) is 53.0 Å². The molecule has 0 amide bonds. The fourth-order valence-corrected chi connectivity index (χ4v) is 10.2. The van der Waals surface area contributed by atoms with Gasteiger partial charge < -0.3 is 9.97 Å². The van der Waals surface area contributed by atoms with Crippen LogP contribution in [0.2, 0.25) is 0 Å². The van der Waals surface area contributed by atoms with Crippen molar-refractivity contribution in [2.75, 3.05) is 40.6 Å². The zero-order valence-corrected chi connectivity index (χ0v) is 43.2. The maximum absolute atomic E-state index is 15.3. The predicted molar refractivity (Wildman–Crippen MR) is 282 cm³/mol. The summed E-state index contributed by atoms with van der Waals surface area (Å²) in [6, 6.07) is 14.4. The fraction of sp³-hybridized carbons (Fsp3) is 0.259. The van der Waals surface area contributed by atoms with Crippen LogP contribution in [0.4, 0.5) is 28.9 Å². The van der Waals surface area contributed by atoms with Crippen molar-refractivity contribution in [2.45, 2.75) is 60.3 Å². The first-order valence-electron chi connectivity index (χ1n) is 24.0. The van der Waals surface area contributed by atoms with Gasteiger partial charge in [0.25, 0.3) is 0 Å². The van der Waals surface area contributed by atoms with Crippen LogP contribution in [0.15, 0.2) is 97.8 Å². The molecule has 21 heteroatoms. The molecular formula is C54H53F4N9O6S2. The van der Waals surface area contributed by atoms with Gasteiger partial charge in [-0.3, -0.25) is 28.9 Å². The number of ketones is 2. The number of pyridine rings is 4. The first-order valence-corrected chi connectivity index (χ1v) is 27.3. The summed E-state index contributed by atoms with van der Waals surface area (Å²) in [5.74, 6) is -0.981. The van der Waals surface area contributed by atoms with E-state index >= 15 is 8.78 Å². The Kier molecular flexibility index (Phi) is 17.6. The highest BCUT2D eigenvalue weighted by molar-refractivity contribution is 7.92. The van der Waals surface area contributed by atoms with E-state index in [2.05, 4.69) is 76.9 Å². The summed E-state index contributed by atoms with van der Waals surface area (Å²) in [6.07, 6.45) is 11.7. The number of benzene rings is 2. The van der Waals surface area contributed by atoms with Gasteiger partial charge in [0.2, 0.25) is 31.6 Å². The molecule has 0 saturated carbocycles. The Hall–Kier alpha value is -7.80. The van der Waals surface area contributed by atoms with E-state index in [-0.39, 0.29) is 22.6 Å². The topological polar surface area (TPSA) is 213 Å². The minimum atomic E-state index is -3.86. The van der Waals surface area contributed by atoms with Gasteiger partial charge in [-0.25, -0.2) is 49.3 Å². The van der Waals surface area contributed by atoms with Crippen LogP contribution in [0.3, 0.4) is 0 Å². The number of aromatic nitrogens is 6. The van der Waals surface area contributed by atoms with E-state index in [0.717, 1.165) is 61.5 Å². The van der Waals surface area contributed by atoms with Gasteiger partial charge in [-0.2, -0.15) is 0 Å². The highest BCUT2D eigenvalue weighted by Gasteiger charge is 2.28. The number of anilines is 2. The largest absolute Gasteiger partial charge is 0.345 e. The van der Waals surface area contributed by atoms with Gasteiger partial charge in [0.15, 0.2) is 11.6 Å². The van der Waals surface area contributed by atoms with Crippen molar-refractivity contribution in [2.24, 2.45) is 0 Å². The van der Waals surface area contributed by atoms with Crippen LogP contribution >= 0.6 is 0 Å². The van der Waals surface area contributed by atoms with Crippen LogP contribution < -0.4 is 9.44 Å². The molecule has 8 aromatic rings. The summed E-state index contributed by atoms with van der Waals surface area (Å²) in [5, 5.41) is 0.724. The number of aryl methyl sites for hydroxylation is 1. The molecular weight excluding hydrogens is 1010 g/mol. The van der Waals surface area contributed by atoms with Crippen LogP contribution in [-0.2, 0) is 26.5 Å². The number of H-pyrrole nitrogens is 2. The Morgan fingerprint density at radius 3 is 1.47 bits per heavy atom. The van der Waals surface area contributed by atoms with Crippen LogP contribution in [0, 0.1) is 35.1 Å². The van der Waals surface area contributed by atoms with Gasteiger partial charge >= 0.3 is 0 Å². The lowest BCUT2D eigenvalue weighted by Gasteiger charge is -2.13. The molecule has 0 aliphatic heterocycles. The molecule has 2 aromatic carbocycles. The summed E-state index contributed by atoms with van der Waals surface area (Å²) >= 11 is 0. The summed E-state index contributed by atoms with van der Waals surface area (Å²) in [6.45, 7) is 12.0. The second kappa shape index (κ2) is 24.0. The molecule has 0 aliphatic rings. The smallest absolute Gasteiger partial charge is 0.232 e. The summed E-state index contributed by atoms with van der Waals surface area (Å²) in [4.78, 5) is 52.0. The molecule has 6 aromatic heterocycles. The number of rotatable bonds is 19. The molecule has 0 unspecified atom stereocenters. The highest BCUT2D eigenvalue weighted by atomic mass is 32.2.